The van der Waals surface area contributed by atoms with Crippen LogP contribution >= 0.6 is 0 Å². The van der Waals surface area contributed by atoms with E-state index in [-0.39, 0.29) is 0 Å². The Bertz CT molecular complexity index is 6520. The molecule has 0 unspecified atom stereocenters. The van der Waals surface area contributed by atoms with Gasteiger partial charge in [0, 0.05) is 91.3 Å². The van der Waals surface area contributed by atoms with Gasteiger partial charge in [-0.15, -0.1) is 0 Å². The molecular weight excluding hydrogens is 1150 g/mol. The van der Waals surface area contributed by atoms with Crippen molar-refractivity contribution in [3.8, 4) is 89.8 Å². The van der Waals surface area contributed by atoms with Crippen LogP contribution in [0.5, 0.6) is 0 Å². The fourth-order valence-corrected chi connectivity index (χ4v) is 14.8. The van der Waals surface area contributed by atoms with Crippen LogP contribution < -0.4 is 0 Å². The standard InChI is InChI=1S/C86H48N8/c1-2-7-49(8-3-1)72-37-27-59(47-89-72)62-28-15-50-21-34-69-65(31-18-52-19-32-66(62)79(50)81(52)69)75-40-26-56-23-36-70-71(45-78(76-10-4-5-42-88-76)94-86(70)85(56)93-75)57-13-14-58-43-61(48-90-77(58)44-57)63-29-16-51-22-35-68-64(30-17-53-20-33-67(63)80(51)82(53)68)74-39-25-55-12-11-54-24-38-73(60-9-6-41-87-46-60)91-83(54)84(55)92-74/h1-48H. The second-order valence-electron chi connectivity index (χ2n) is 24.6. The van der Waals surface area contributed by atoms with Crippen LogP contribution in [0.15, 0.2) is 292 Å². The van der Waals surface area contributed by atoms with Gasteiger partial charge in [-0.25, -0.2) is 19.9 Å². The van der Waals surface area contributed by atoms with Gasteiger partial charge in [0.05, 0.1) is 61.7 Å². The molecule has 0 atom stereocenters. The minimum Gasteiger partial charge on any atom is -0.264 e. The highest BCUT2D eigenvalue weighted by Crippen LogP contribution is 2.46. The van der Waals surface area contributed by atoms with Crippen molar-refractivity contribution < 1.29 is 0 Å². The van der Waals surface area contributed by atoms with Crippen LogP contribution in [0.1, 0.15) is 0 Å². The van der Waals surface area contributed by atoms with Gasteiger partial charge in [-0.3, -0.25) is 19.9 Å². The largest absolute Gasteiger partial charge is 0.264 e. The van der Waals surface area contributed by atoms with Gasteiger partial charge in [0.15, 0.2) is 0 Å². The number of pyridine rings is 8. The lowest BCUT2D eigenvalue weighted by Gasteiger charge is -2.17. The number of rotatable bonds is 8. The van der Waals surface area contributed by atoms with Gasteiger partial charge in [0.1, 0.15) is 0 Å². The van der Waals surface area contributed by atoms with Crippen LogP contribution in [0.4, 0.5) is 0 Å². The zero-order valence-electron chi connectivity index (χ0n) is 50.3. The summed E-state index contributed by atoms with van der Waals surface area (Å²) in [5.41, 5.74) is 20.1. The Kier molecular flexibility index (Phi) is 11.3. The molecule has 8 aromatic heterocycles. The van der Waals surface area contributed by atoms with E-state index >= 15 is 0 Å². The first-order valence-electron chi connectivity index (χ1n) is 31.7. The van der Waals surface area contributed by atoms with Crippen LogP contribution in [0.3, 0.4) is 0 Å². The smallest absolute Gasteiger partial charge is 0.0979 e. The van der Waals surface area contributed by atoms with Gasteiger partial charge in [0.25, 0.3) is 0 Å². The summed E-state index contributed by atoms with van der Waals surface area (Å²) < 4.78 is 0. The average molecular weight is 1190 g/mol. The molecule has 0 saturated heterocycles. The molecule has 432 valence electrons. The first-order valence-corrected chi connectivity index (χ1v) is 31.7. The highest BCUT2D eigenvalue weighted by Gasteiger charge is 2.22. The molecule has 0 radical (unpaired) electrons. The summed E-state index contributed by atoms with van der Waals surface area (Å²) in [5, 5.41) is 19.5. The van der Waals surface area contributed by atoms with E-state index in [1.807, 2.05) is 61.2 Å². The Balaban J connectivity index is 0.677. The molecule has 8 heterocycles. The number of aromatic nitrogens is 8. The van der Waals surface area contributed by atoms with E-state index < -0.39 is 0 Å². The van der Waals surface area contributed by atoms with E-state index in [0.717, 1.165) is 155 Å². The van der Waals surface area contributed by atoms with Crippen molar-refractivity contribution in [3.63, 3.8) is 0 Å². The molecule has 0 amide bonds. The average Bonchev–Trinajstić information content (AvgIpc) is 0.740. The van der Waals surface area contributed by atoms with Gasteiger partial charge in [-0.1, -0.05) is 194 Å². The van der Waals surface area contributed by atoms with Crippen molar-refractivity contribution in [1.29, 1.82) is 0 Å². The van der Waals surface area contributed by atoms with Crippen LogP contribution in [0.2, 0.25) is 0 Å². The molecule has 8 heteroatoms. The highest BCUT2D eigenvalue weighted by molar-refractivity contribution is 6.29. The molecule has 0 saturated carbocycles. The van der Waals surface area contributed by atoms with Crippen LogP contribution in [0, 0.1) is 0 Å². The first kappa shape index (κ1) is 52.0. The van der Waals surface area contributed by atoms with Crippen molar-refractivity contribution >= 4 is 119 Å². The van der Waals surface area contributed by atoms with Crippen LogP contribution in [-0.2, 0) is 0 Å². The normalized spacial score (nSPS) is 12.0. The Hall–Kier alpha value is -12.8. The van der Waals surface area contributed by atoms with Crippen molar-refractivity contribution in [2.75, 3.05) is 0 Å². The SMILES string of the molecule is c1ccc(-c2ccc(-c3ccc4ccc5c(-c6ccc7ccc8c(-c9ccc%10cc(-c%11ccc%12ccc%13c(-c%14ccc%15ccc%16ccc(-c%17cccnc%17)nc%16c%15n%14)ccc%14ccc%11c%12c%14%13)cnc%10c9)cc(-c9ccccn9)nc8c7n6)ccc6ccc3c4c65)cn2)cc1. The van der Waals surface area contributed by atoms with Gasteiger partial charge in [-0.05, 0) is 154 Å². The van der Waals surface area contributed by atoms with Crippen LogP contribution in [-0.4, -0.2) is 39.9 Å². The molecule has 20 rings (SSSR count). The number of benzene rings is 12. The molecular formula is C86H48N8. The summed E-state index contributed by atoms with van der Waals surface area (Å²) in [4.78, 5) is 41.0. The van der Waals surface area contributed by atoms with E-state index in [2.05, 4.69) is 229 Å². The lowest BCUT2D eigenvalue weighted by Crippen LogP contribution is -1.95. The maximum absolute atomic E-state index is 5.60. The van der Waals surface area contributed by atoms with Crippen molar-refractivity contribution in [2.24, 2.45) is 0 Å². The molecule has 0 N–H and O–H groups in total. The topological polar surface area (TPSA) is 103 Å². The van der Waals surface area contributed by atoms with Gasteiger partial charge >= 0.3 is 0 Å². The summed E-state index contributed by atoms with van der Waals surface area (Å²) in [6.45, 7) is 0. The Labute approximate surface area is 537 Å². The van der Waals surface area contributed by atoms with Crippen LogP contribution in [0.25, 0.3) is 209 Å². The molecule has 0 aliphatic rings. The Morgan fingerprint density at radius 2 is 0.681 bits per heavy atom. The second-order valence-corrected chi connectivity index (χ2v) is 24.6. The van der Waals surface area contributed by atoms with Gasteiger partial charge in [0.2, 0.25) is 0 Å². The van der Waals surface area contributed by atoms with E-state index in [1.165, 1.54) is 53.9 Å². The predicted octanol–water partition coefficient (Wildman–Crippen LogP) is 21.7. The number of hydrogen-bond acceptors (Lipinski definition) is 8. The van der Waals surface area contributed by atoms with E-state index in [0.29, 0.717) is 0 Å². The van der Waals surface area contributed by atoms with E-state index in [1.54, 1.807) is 6.20 Å². The van der Waals surface area contributed by atoms with E-state index in [9.17, 15) is 0 Å². The lowest BCUT2D eigenvalue weighted by atomic mass is 9.88. The summed E-state index contributed by atoms with van der Waals surface area (Å²) in [6.07, 6.45) is 9.51. The summed E-state index contributed by atoms with van der Waals surface area (Å²) >= 11 is 0. The summed E-state index contributed by atoms with van der Waals surface area (Å²) in [5.74, 6) is 0. The molecule has 12 aromatic carbocycles. The highest BCUT2D eigenvalue weighted by atomic mass is 14.8. The molecule has 94 heavy (non-hydrogen) atoms. The summed E-state index contributed by atoms with van der Waals surface area (Å²) in [7, 11) is 0. The van der Waals surface area contributed by atoms with Crippen molar-refractivity contribution in [1.82, 2.24) is 39.9 Å². The fourth-order valence-electron chi connectivity index (χ4n) is 14.8. The van der Waals surface area contributed by atoms with Crippen molar-refractivity contribution in [2.45, 2.75) is 0 Å². The zero-order chi connectivity index (χ0) is 61.5. The number of fused-ring (bicyclic) bond motifs is 7. The monoisotopic (exact) mass is 1190 g/mol. The lowest BCUT2D eigenvalue weighted by molar-refractivity contribution is 1.27. The molecule has 0 spiro atoms. The zero-order valence-corrected chi connectivity index (χ0v) is 50.3. The second kappa shape index (κ2) is 20.4. The fraction of sp³-hybridized carbons (Fsp3) is 0. The summed E-state index contributed by atoms with van der Waals surface area (Å²) in [6, 6.07) is 93.2. The third-order valence-electron chi connectivity index (χ3n) is 19.4. The number of nitrogens with zero attached hydrogens (tertiary/aromatic N) is 8. The molecule has 20 aromatic rings. The van der Waals surface area contributed by atoms with Gasteiger partial charge in [-0.2, -0.15) is 0 Å². The first-order chi connectivity index (χ1) is 46.5. The minimum absolute atomic E-state index is 0.769. The third kappa shape index (κ3) is 8.13. The Morgan fingerprint density at radius 1 is 0.202 bits per heavy atom. The molecule has 8 nitrogen and oxygen atoms in total. The van der Waals surface area contributed by atoms with E-state index in [4.69, 9.17) is 34.9 Å². The maximum atomic E-state index is 5.60. The molecule has 0 bridgehead atoms. The third-order valence-corrected chi connectivity index (χ3v) is 19.4. The van der Waals surface area contributed by atoms with Gasteiger partial charge < -0.3 is 0 Å². The minimum atomic E-state index is 0.769. The quantitative estimate of drug-likeness (QED) is 0.139. The Morgan fingerprint density at radius 3 is 1.29 bits per heavy atom. The predicted molar refractivity (Wildman–Crippen MR) is 387 cm³/mol. The molecule has 0 aliphatic heterocycles. The number of hydrogen-bond donors (Lipinski definition) is 0. The molecule has 0 fully saturated rings. The maximum Gasteiger partial charge on any atom is 0.0979 e. The molecule has 0 aliphatic carbocycles. The van der Waals surface area contributed by atoms with Crippen molar-refractivity contribution in [3.05, 3.63) is 292 Å².